The molecule has 0 aliphatic carbocycles. The van der Waals surface area contributed by atoms with Crippen LogP contribution in [0.2, 0.25) is 0 Å². The lowest BCUT2D eigenvalue weighted by Gasteiger charge is -2.39. The Morgan fingerprint density at radius 2 is 1.88 bits per heavy atom. The molecule has 0 atom stereocenters. The third kappa shape index (κ3) is 3.83. The van der Waals surface area contributed by atoms with Gasteiger partial charge in [0, 0.05) is 37.4 Å². The fourth-order valence-electron chi connectivity index (χ4n) is 3.13. The minimum absolute atomic E-state index is 0.263. The first kappa shape index (κ1) is 18.7. The molecule has 7 heteroatoms. The van der Waals surface area contributed by atoms with Crippen LogP contribution < -0.4 is 4.90 Å². The summed E-state index contributed by atoms with van der Waals surface area (Å²) in [7, 11) is 0. The number of aldehydes is 1. The predicted octanol–water partition coefficient (Wildman–Crippen LogP) is 1.77. The second-order valence-corrected chi connectivity index (χ2v) is 7.87. The Morgan fingerprint density at radius 3 is 2.38 bits per heavy atom. The molecule has 1 N–H and O–H groups in total. The number of nitrogens with zero attached hydrogens (tertiary/aromatic N) is 2. The normalized spacial score (nSPS) is 19.7. The minimum atomic E-state index is -0.978. The van der Waals surface area contributed by atoms with Gasteiger partial charge in [0.05, 0.1) is 13.2 Å². The fraction of sp³-hybridized carbons (Fsp3) is 0.579. The Bertz CT molecular complexity index is 686. The summed E-state index contributed by atoms with van der Waals surface area (Å²) >= 11 is 0. The van der Waals surface area contributed by atoms with Crippen LogP contribution in [0.25, 0.3) is 0 Å². The number of hydrogen-bond acceptors (Lipinski definition) is 6. The third-order valence-corrected chi connectivity index (χ3v) is 4.65. The summed E-state index contributed by atoms with van der Waals surface area (Å²) in [5, 5.41) is 10.5. The Morgan fingerprint density at radius 1 is 1.23 bits per heavy atom. The number of rotatable bonds is 3. The number of amides is 1. The number of hydrogen-bond donors (Lipinski definition) is 1. The van der Waals surface area contributed by atoms with E-state index in [1.165, 1.54) is 0 Å². The first-order valence-corrected chi connectivity index (χ1v) is 8.84. The highest BCUT2D eigenvalue weighted by atomic mass is 16.6. The van der Waals surface area contributed by atoms with Crippen molar-refractivity contribution in [3.63, 3.8) is 0 Å². The van der Waals surface area contributed by atoms with Crippen molar-refractivity contribution in [1.29, 1.82) is 0 Å². The Hall–Kier alpha value is -2.12. The molecule has 0 aromatic heterocycles. The van der Waals surface area contributed by atoms with E-state index in [9.17, 15) is 14.7 Å². The molecule has 2 aliphatic rings. The van der Waals surface area contributed by atoms with Crippen molar-refractivity contribution in [3.05, 3.63) is 29.3 Å². The molecule has 2 heterocycles. The largest absolute Gasteiger partial charge is 0.444 e. The molecule has 142 valence electrons. The zero-order valence-corrected chi connectivity index (χ0v) is 15.5. The highest BCUT2D eigenvalue weighted by Crippen LogP contribution is 2.33. The van der Waals surface area contributed by atoms with Crippen LogP contribution in [0.3, 0.4) is 0 Å². The van der Waals surface area contributed by atoms with Gasteiger partial charge < -0.3 is 24.4 Å². The number of benzene rings is 1. The van der Waals surface area contributed by atoms with Gasteiger partial charge in [-0.1, -0.05) is 6.07 Å². The number of piperazine rings is 1. The molecule has 1 aromatic rings. The Kier molecular flexibility index (Phi) is 4.94. The fourth-order valence-corrected chi connectivity index (χ4v) is 3.13. The lowest BCUT2D eigenvalue weighted by Crippen LogP contribution is -2.50. The van der Waals surface area contributed by atoms with Gasteiger partial charge in [0.25, 0.3) is 0 Å². The van der Waals surface area contributed by atoms with Gasteiger partial charge in [0.15, 0.2) is 6.29 Å². The predicted molar refractivity (Wildman–Crippen MR) is 96.6 cm³/mol. The minimum Gasteiger partial charge on any atom is -0.444 e. The molecule has 26 heavy (non-hydrogen) atoms. The van der Waals surface area contributed by atoms with E-state index in [2.05, 4.69) is 4.90 Å². The summed E-state index contributed by atoms with van der Waals surface area (Å²) in [6, 6.07) is 5.36. The number of carbonyl (C=O) groups is 2. The van der Waals surface area contributed by atoms with Crippen molar-refractivity contribution in [2.45, 2.75) is 32.0 Å². The number of aliphatic hydroxyl groups is 1. The van der Waals surface area contributed by atoms with Crippen LogP contribution in [0, 0.1) is 0 Å². The molecule has 0 saturated carbocycles. The van der Waals surface area contributed by atoms with Crippen LogP contribution in [0.5, 0.6) is 0 Å². The van der Waals surface area contributed by atoms with E-state index in [1.54, 1.807) is 17.0 Å². The van der Waals surface area contributed by atoms with Crippen LogP contribution >= 0.6 is 0 Å². The van der Waals surface area contributed by atoms with Crippen molar-refractivity contribution < 1.29 is 24.2 Å². The molecule has 0 spiro atoms. The summed E-state index contributed by atoms with van der Waals surface area (Å²) in [6.07, 6.45) is 0.503. The summed E-state index contributed by atoms with van der Waals surface area (Å²) in [5.74, 6) is 0. The standard InChI is InChI=1S/C19H26N2O5/c1-18(2,3)26-17(23)21-8-6-20(7-9-21)16-10-15(5-4-14(16)11-22)19(24)12-25-13-19/h4-5,10-11,24H,6-9,12-13H2,1-3H3. The van der Waals surface area contributed by atoms with Gasteiger partial charge in [0.1, 0.15) is 11.2 Å². The smallest absolute Gasteiger partial charge is 0.410 e. The molecule has 7 nitrogen and oxygen atoms in total. The first-order valence-electron chi connectivity index (χ1n) is 8.84. The van der Waals surface area contributed by atoms with Crippen molar-refractivity contribution in [3.8, 4) is 0 Å². The summed E-state index contributed by atoms with van der Waals surface area (Å²) < 4.78 is 10.5. The monoisotopic (exact) mass is 362 g/mol. The van der Waals surface area contributed by atoms with Crippen molar-refractivity contribution in [1.82, 2.24) is 4.90 Å². The summed E-state index contributed by atoms with van der Waals surface area (Å²) in [4.78, 5) is 27.4. The van der Waals surface area contributed by atoms with Gasteiger partial charge >= 0.3 is 6.09 Å². The van der Waals surface area contributed by atoms with Gasteiger partial charge in [-0.15, -0.1) is 0 Å². The summed E-state index contributed by atoms with van der Waals surface area (Å²) in [6.45, 7) is 8.29. The van der Waals surface area contributed by atoms with Gasteiger partial charge in [-0.2, -0.15) is 0 Å². The Balaban J connectivity index is 1.71. The SMILES string of the molecule is CC(C)(C)OC(=O)N1CCN(c2cc(C3(O)COC3)ccc2C=O)CC1. The highest BCUT2D eigenvalue weighted by molar-refractivity contribution is 5.85. The second-order valence-electron chi connectivity index (χ2n) is 7.87. The third-order valence-electron chi connectivity index (χ3n) is 4.65. The molecule has 2 saturated heterocycles. The molecule has 0 unspecified atom stereocenters. The van der Waals surface area contributed by atoms with Crippen LogP contribution in [-0.4, -0.2) is 67.4 Å². The van der Waals surface area contributed by atoms with E-state index in [4.69, 9.17) is 9.47 Å². The molecule has 2 aliphatic heterocycles. The molecule has 1 aromatic carbocycles. The number of ether oxygens (including phenoxy) is 2. The molecule has 2 fully saturated rings. The van der Waals surface area contributed by atoms with Crippen molar-refractivity contribution in [2.24, 2.45) is 0 Å². The van der Waals surface area contributed by atoms with Gasteiger partial charge in [-0.05, 0) is 38.5 Å². The van der Waals surface area contributed by atoms with E-state index >= 15 is 0 Å². The first-order chi connectivity index (χ1) is 12.2. The maximum absolute atomic E-state index is 12.2. The Labute approximate surface area is 153 Å². The zero-order valence-electron chi connectivity index (χ0n) is 15.5. The van der Waals surface area contributed by atoms with Gasteiger partial charge in [-0.25, -0.2) is 4.79 Å². The highest BCUT2D eigenvalue weighted by Gasteiger charge is 2.38. The zero-order chi connectivity index (χ0) is 18.9. The molecule has 1 amide bonds. The number of anilines is 1. The van der Waals surface area contributed by atoms with E-state index < -0.39 is 11.2 Å². The summed E-state index contributed by atoms with van der Waals surface area (Å²) in [5.41, 5.74) is 0.603. The molecular weight excluding hydrogens is 336 g/mol. The van der Waals surface area contributed by atoms with E-state index in [0.29, 0.717) is 31.7 Å². The van der Waals surface area contributed by atoms with Gasteiger partial charge in [0.2, 0.25) is 0 Å². The van der Waals surface area contributed by atoms with E-state index in [1.807, 2.05) is 26.8 Å². The average molecular weight is 362 g/mol. The molecular formula is C19H26N2O5. The van der Waals surface area contributed by atoms with Crippen LogP contribution in [0.1, 0.15) is 36.7 Å². The topological polar surface area (TPSA) is 79.3 Å². The lowest BCUT2D eigenvalue weighted by atomic mass is 9.90. The van der Waals surface area contributed by atoms with Crippen LogP contribution in [0.15, 0.2) is 18.2 Å². The lowest BCUT2D eigenvalue weighted by molar-refractivity contribution is -0.184. The second kappa shape index (κ2) is 6.89. The molecule has 0 radical (unpaired) electrons. The van der Waals surface area contributed by atoms with E-state index in [-0.39, 0.29) is 19.3 Å². The van der Waals surface area contributed by atoms with Crippen molar-refractivity contribution >= 4 is 18.1 Å². The average Bonchev–Trinajstić information content (AvgIpc) is 2.57. The quantitative estimate of drug-likeness (QED) is 0.826. The molecule has 0 bridgehead atoms. The number of carbonyl (C=O) groups excluding carboxylic acids is 2. The molecule has 3 rings (SSSR count). The van der Waals surface area contributed by atoms with Crippen LogP contribution in [0.4, 0.5) is 10.5 Å². The maximum atomic E-state index is 12.2. The maximum Gasteiger partial charge on any atom is 0.410 e. The van der Waals surface area contributed by atoms with Crippen molar-refractivity contribution in [2.75, 3.05) is 44.3 Å². The van der Waals surface area contributed by atoms with Crippen LogP contribution in [-0.2, 0) is 15.1 Å². The van der Waals surface area contributed by atoms with E-state index in [0.717, 1.165) is 17.5 Å². The van der Waals surface area contributed by atoms with Gasteiger partial charge in [-0.3, -0.25) is 4.79 Å².